The second-order valence-electron chi connectivity index (χ2n) is 9.85. The summed E-state index contributed by atoms with van der Waals surface area (Å²) in [5, 5.41) is 26.6. The molecule has 0 aliphatic rings. The maximum atomic E-state index is 13.4. The molecule has 192 valence electrons. The Hall–Kier alpha value is -3.94. The van der Waals surface area contributed by atoms with Gasteiger partial charge < -0.3 is 15.7 Å². The van der Waals surface area contributed by atoms with Crippen LogP contribution in [0.4, 0.5) is 14.7 Å². The zero-order valence-electron chi connectivity index (χ0n) is 21.1. The fourth-order valence-electron chi connectivity index (χ4n) is 3.91. The summed E-state index contributed by atoms with van der Waals surface area (Å²) in [7, 11) is 0. The van der Waals surface area contributed by atoms with Gasteiger partial charge in [0.25, 0.3) is 6.43 Å². The molecule has 0 fully saturated rings. The van der Waals surface area contributed by atoms with Gasteiger partial charge in [-0.25, -0.2) is 23.7 Å². The Morgan fingerprint density at radius 3 is 2.43 bits per heavy atom. The number of nitrogens with one attached hydrogen (secondary N) is 2. The summed E-state index contributed by atoms with van der Waals surface area (Å²) in [6.45, 7) is 8.52. The van der Waals surface area contributed by atoms with Gasteiger partial charge >= 0.3 is 0 Å². The van der Waals surface area contributed by atoms with Crippen LogP contribution in [0.3, 0.4) is 0 Å². The molecule has 0 saturated heterocycles. The van der Waals surface area contributed by atoms with E-state index in [-0.39, 0.29) is 40.0 Å². The second-order valence-corrected chi connectivity index (χ2v) is 9.85. The van der Waals surface area contributed by atoms with E-state index in [1.54, 1.807) is 6.20 Å². The molecule has 0 aliphatic heterocycles. The maximum absolute atomic E-state index is 13.4. The average Bonchev–Trinajstić information content (AvgIpc) is 3.31. The zero-order chi connectivity index (χ0) is 26.7. The normalized spacial score (nSPS) is 13.5. The number of nitrogens with zero attached hydrogens (tertiary/aromatic N) is 5. The van der Waals surface area contributed by atoms with Crippen molar-refractivity contribution in [3.8, 4) is 17.5 Å². The molecular formula is C27H29F2N7O. The number of anilines is 1. The summed E-state index contributed by atoms with van der Waals surface area (Å²) < 4.78 is 28.3. The van der Waals surface area contributed by atoms with Crippen molar-refractivity contribution in [1.82, 2.24) is 24.7 Å². The Bertz CT molecular complexity index is 1420. The highest BCUT2D eigenvalue weighted by atomic mass is 19.3. The SMILES string of the molecule is CC(Nc1ncc(C#N)c(-c2cnc3c(C(F)F)cccn23)n1)c1ccc([C@H](O)CNC(C)(C)C)cc1. The number of alkyl halides is 2. The Morgan fingerprint density at radius 1 is 1.08 bits per heavy atom. The minimum absolute atomic E-state index is 0.0896. The fraction of sp³-hybridized carbons (Fsp3) is 0.333. The lowest BCUT2D eigenvalue weighted by Crippen LogP contribution is -2.38. The van der Waals surface area contributed by atoms with E-state index in [9.17, 15) is 19.1 Å². The number of hydrogen-bond donors (Lipinski definition) is 3. The quantitative estimate of drug-likeness (QED) is 0.302. The van der Waals surface area contributed by atoms with Gasteiger partial charge in [-0.05, 0) is 51.0 Å². The van der Waals surface area contributed by atoms with Gasteiger partial charge in [-0.3, -0.25) is 4.40 Å². The molecule has 8 nitrogen and oxygen atoms in total. The summed E-state index contributed by atoms with van der Waals surface area (Å²) >= 11 is 0. The number of fused-ring (bicyclic) bond motifs is 1. The van der Waals surface area contributed by atoms with Gasteiger partial charge in [0.05, 0.1) is 41.4 Å². The first kappa shape index (κ1) is 26.1. The molecule has 0 aliphatic carbocycles. The van der Waals surface area contributed by atoms with Crippen LogP contribution in [0.2, 0.25) is 0 Å². The lowest BCUT2D eigenvalue weighted by atomic mass is 10.0. The summed E-state index contributed by atoms with van der Waals surface area (Å²) in [6, 6.07) is 12.3. The summed E-state index contributed by atoms with van der Waals surface area (Å²) in [6.07, 6.45) is 1.12. The topological polar surface area (TPSA) is 111 Å². The first-order valence-electron chi connectivity index (χ1n) is 11.9. The van der Waals surface area contributed by atoms with Crippen molar-refractivity contribution in [1.29, 1.82) is 5.26 Å². The number of aliphatic hydroxyl groups excluding tert-OH is 1. The summed E-state index contributed by atoms with van der Waals surface area (Å²) in [4.78, 5) is 12.9. The molecule has 2 atom stereocenters. The summed E-state index contributed by atoms with van der Waals surface area (Å²) in [5.41, 5.74) is 2.48. The average molecular weight is 506 g/mol. The second kappa shape index (κ2) is 10.6. The van der Waals surface area contributed by atoms with Crippen molar-refractivity contribution >= 4 is 11.6 Å². The lowest BCUT2D eigenvalue weighted by Gasteiger charge is -2.23. The first-order valence-corrected chi connectivity index (χ1v) is 11.9. The number of rotatable bonds is 8. The lowest BCUT2D eigenvalue weighted by molar-refractivity contribution is 0.152. The number of nitriles is 1. The minimum Gasteiger partial charge on any atom is -0.387 e. The number of hydrogen-bond acceptors (Lipinski definition) is 7. The highest BCUT2D eigenvalue weighted by molar-refractivity contribution is 5.68. The maximum Gasteiger partial charge on any atom is 0.267 e. The Kier molecular flexibility index (Phi) is 7.47. The highest BCUT2D eigenvalue weighted by Crippen LogP contribution is 2.29. The van der Waals surface area contributed by atoms with E-state index < -0.39 is 12.5 Å². The van der Waals surface area contributed by atoms with E-state index in [0.29, 0.717) is 12.2 Å². The number of imidazole rings is 1. The van der Waals surface area contributed by atoms with Gasteiger partial charge in [0.1, 0.15) is 17.4 Å². The van der Waals surface area contributed by atoms with Crippen LogP contribution in [0.5, 0.6) is 0 Å². The number of aliphatic hydroxyl groups is 1. The van der Waals surface area contributed by atoms with E-state index >= 15 is 0 Å². The molecule has 3 heterocycles. The largest absolute Gasteiger partial charge is 0.387 e. The van der Waals surface area contributed by atoms with Gasteiger partial charge in [-0.2, -0.15) is 5.26 Å². The number of pyridine rings is 1. The van der Waals surface area contributed by atoms with Crippen LogP contribution in [0, 0.1) is 11.3 Å². The van der Waals surface area contributed by atoms with E-state index in [1.165, 1.54) is 28.9 Å². The van der Waals surface area contributed by atoms with Crippen LogP contribution in [0.25, 0.3) is 17.0 Å². The Labute approximate surface area is 214 Å². The van der Waals surface area contributed by atoms with Crippen LogP contribution in [-0.2, 0) is 0 Å². The molecule has 1 unspecified atom stereocenters. The van der Waals surface area contributed by atoms with E-state index in [4.69, 9.17) is 0 Å². The molecule has 10 heteroatoms. The molecule has 3 N–H and O–H groups in total. The fourth-order valence-corrected chi connectivity index (χ4v) is 3.91. The molecule has 4 aromatic rings. The van der Waals surface area contributed by atoms with Crippen LogP contribution in [0.1, 0.15) is 68.5 Å². The number of halogens is 2. The van der Waals surface area contributed by atoms with Crippen molar-refractivity contribution < 1.29 is 13.9 Å². The molecule has 37 heavy (non-hydrogen) atoms. The summed E-state index contributed by atoms with van der Waals surface area (Å²) in [5.74, 6) is 0.278. The first-order chi connectivity index (χ1) is 17.6. The van der Waals surface area contributed by atoms with Gasteiger partial charge in [0.15, 0.2) is 0 Å². The molecule has 0 amide bonds. The van der Waals surface area contributed by atoms with Crippen LogP contribution < -0.4 is 10.6 Å². The predicted octanol–water partition coefficient (Wildman–Crippen LogP) is 5.20. The van der Waals surface area contributed by atoms with Gasteiger partial charge in [0, 0.05) is 18.3 Å². The van der Waals surface area contributed by atoms with Gasteiger partial charge in [0.2, 0.25) is 5.95 Å². The smallest absolute Gasteiger partial charge is 0.267 e. The zero-order valence-corrected chi connectivity index (χ0v) is 21.1. The van der Waals surface area contributed by atoms with Crippen molar-refractivity contribution in [3.05, 3.63) is 77.2 Å². The number of β-amino-alcohol motifs (C(OH)–C–C–N with tert-alkyl or cyclic N) is 1. The molecule has 1 aromatic carbocycles. The van der Waals surface area contributed by atoms with Crippen molar-refractivity contribution in [2.24, 2.45) is 0 Å². The van der Waals surface area contributed by atoms with Crippen LogP contribution in [0.15, 0.2) is 55.0 Å². The Morgan fingerprint density at radius 2 is 1.78 bits per heavy atom. The highest BCUT2D eigenvalue weighted by Gasteiger charge is 2.20. The molecule has 0 saturated carbocycles. The van der Waals surface area contributed by atoms with Crippen LogP contribution >= 0.6 is 0 Å². The van der Waals surface area contributed by atoms with E-state index in [1.807, 2.05) is 52.0 Å². The molecular weight excluding hydrogens is 476 g/mol. The van der Waals surface area contributed by atoms with E-state index in [0.717, 1.165) is 11.1 Å². The van der Waals surface area contributed by atoms with Crippen molar-refractivity contribution in [2.75, 3.05) is 11.9 Å². The van der Waals surface area contributed by atoms with Crippen LogP contribution in [-0.4, -0.2) is 36.5 Å². The predicted molar refractivity (Wildman–Crippen MR) is 137 cm³/mol. The standard InChI is InChI=1S/C27H29F2N7O/c1-16(17-7-9-18(10-8-17)22(37)15-33-27(2,3)4)34-26-32-13-19(12-30)23(35-26)21-14-31-25-20(24(28)29)6-5-11-36(21)25/h5-11,13-14,16,22,24,33,37H,15H2,1-4H3,(H,32,34,35)/t16?,22-/m1/s1. The Balaban J connectivity index is 1.56. The molecule has 0 spiro atoms. The van der Waals surface area contributed by atoms with Gasteiger partial charge in [-0.15, -0.1) is 0 Å². The third-order valence-electron chi connectivity index (χ3n) is 5.95. The third kappa shape index (κ3) is 5.90. The number of benzene rings is 1. The van der Waals surface area contributed by atoms with Crippen molar-refractivity contribution in [3.63, 3.8) is 0 Å². The molecule has 0 bridgehead atoms. The molecule has 0 radical (unpaired) electrons. The van der Waals surface area contributed by atoms with E-state index in [2.05, 4.69) is 31.7 Å². The van der Waals surface area contributed by atoms with Gasteiger partial charge in [-0.1, -0.05) is 24.3 Å². The molecule has 4 rings (SSSR count). The van der Waals surface area contributed by atoms with Crippen molar-refractivity contribution in [2.45, 2.75) is 51.8 Å². The minimum atomic E-state index is -2.68. The molecule has 3 aromatic heterocycles. The third-order valence-corrected chi connectivity index (χ3v) is 5.95. The monoisotopic (exact) mass is 505 g/mol. The number of aromatic nitrogens is 4.